The number of nitrogen functional groups attached to an aromatic ring is 1. The Bertz CT molecular complexity index is 349. The third kappa shape index (κ3) is 1.21. The first kappa shape index (κ1) is 8.26. The molecular weight excluding hydrogens is 164 g/mol. The van der Waals surface area contributed by atoms with Crippen molar-refractivity contribution in [2.45, 2.75) is 12.6 Å². The van der Waals surface area contributed by atoms with Crippen LogP contribution in [-0.2, 0) is 11.3 Å². The Morgan fingerprint density at radius 1 is 1.62 bits per heavy atom. The molecule has 0 saturated carbocycles. The van der Waals surface area contributed by atoms with Crippen molar-refractivity contribution in [3.05, 3.63) is 29.3 Å². The van der Waals surface area contributed by atoms with Crippen LogP contribution >= 0.6 is 0 Å². The van der Waals surface area contributed by atoms with Crippen LogP contribution in [0.15, 0.2) is 18.2 Å². The van der Waals surface area contributed by atoms with Gasteiger partial charge in [-0.05, 0) is 30.3 Å². The van der Waals surface area contributed by atoms with E-state index in [1.54, 1.807) is 0 Å². The zero-order valence-corrected chi connectivity index (χ0v) is 7.53. The number of carbonyl (C=O) groups is 1. The average Bonchev–Trinajstić information content (AvgIpc) is 2.39. The van der Waals surface area contributed by atoms with Gasteiger partial charge < -0.3 is 10.5 Å². The summed E-state index contributed by atoms with van der Waals surface area (Å²) in [5.74, 6) is 0. The molecule has 0 aromatic heterocycles. The molecule has 0 fully saturated rings. The maximum atomic E-state index is 10.8. The summed E-state index contributed by atoms with van der Waals surface area (Å²) in [6.45, 7) is 0.809. The molecule has 2 N–H and O–H groups in total. The first-order chi connectivity index (χ1) is 6.22. The molecule has 1 aromatic carbocycles. The Morgan fingerprint density at radius 3 is 3.08 bits per heavy atom. The number of likely N-dealkylation sites (N-methyl/N-ethyl adjacent to an activating group) is 1. The van der Waals surface area contributed by atoms with E-state index in [0.29, 0.717) is 0 Å². The third-order valence-corrected chi connectivity index (χ3v) is 2.51. The van der Waals surface area contributed by atoms with E-state index in [1.165, 1.54) is 5.56 Å². The molecule has 1 aliphatic heterocycles. The number of anilines is 1. The van der Waals surface area contributed by atoms with Crippen molar-refractivity contribution in [2.24, 2.45) is 0 Å². The van der Waals surface area contributed by atoms with E-state index in [9.17, 15) is 4.79 Å². The van der Waals surface area contributed by atoms with Crippen LogP contribution in [0.1, 0.15) is 17.2 Å². The van der Waals surface area contributed by atoms with Gasteiger partial charge in [-0.15, -0.1) is 0 Å². The van der Waals surface area contributed by atoms with Gasteiger partial charge in [-0.25, -0.2) is 0 Å². The van der Waals surface area contributed by atoms with Crippen LogP contribution < -0.4 is 5.73 Å². The number of nitrogens with two attached hydrogens (primary N) is 1. The van der Waals surface area contributed by atoms with Crippen LogP contribution in [0.5, 0.6) is 0 Å². The molecule has 2 rings (SSSR count). The minimum Gasteiger partial charge on any atom is -0.399 e. The SMILES string of the molecule is CN1Cc2cc(N)ccc2C1C=O. The lowest BCUT2D eigenvalue weighted by atomic mass is 10.1. The number of rotatable bonds is 1. The standard InChI is InChI=1S/C10H12N2O/c1-12-5-7-4-8(11)2-3-9(7)10(12)6-13/h2-4,6,10H,5,11H2,1H3. The molecule has 1 aromatic rings. The molecular formula is C10H12N2O. The van der Waals surface area contributed by atoms with Crippen molar-refractivity contribution in [3.63, 3.8) is 0 Å². The van der Waals surface area contributed by atoms with Gasteiger partial charge >= 0.3 is 0 Å². The molecule has 1 heterocycles. The molecule has 1 aliphatic rings. The molecule has 3 nitrogen and oxygen atoms in total. The molecule has 0 aliphatic carbocycles. The third-order valence-electron chi connectivity index (χ3n) is 2.51. The molecule has 0 radical (unpaired) electrons. The molecule has 3 heteroatoms. The summed E-state index contributed by atoms with van der Waals surface area (Å²) < 4.78 is 0. The molecule has 0 saturated heterocycles. The van der Waals surface area contributed by atoms with Crippen LogP contribution in [0.4, 0.5) is 5.69 Å². The highest BCUT2D eigenvalue weighted by Gasteiger charge is 2.26. The van der Waals surface area contributed by atoms with E-state index in [4.69, 9.17) is 5.73 Å². The van der Waals surface area contributed by atoms with Crippen molar-refractivity contribution in [1.29, 1.82) is 0 Å². The van der Waals surface area contributed by atoms with Crippen LogP contribution in [-0.4, -0.2) is 18.2 Å². The van der Waals surface area contributed by atoms with Crippen LogP contribution in [0.3, 0.4) is 0 Å². The number of hydrogen-bond donors (Lipinski definition) is 1. The van der Waals surface area contributed by atoms with Crippen LogP contribution in [0, 0.1) is 0 Å². The summed E-state index contributed by atoms with van der Waals surface area (Å²) in [5.41, 5.74) is 8.67. The van der Waals surface area contributed by atoms with Gasteiger partial charge in [0.2, 0.25) is 0 Å². The highest BCUT2D eigenvalue weighted by atomic mass is 16.1. The first-order valence-corrected chi connectivity index (χ1v) is 4.26. The minimum absolute atomic E-state index is 0.0874. The van der Waals surface area contributed by atoms with Gasteiger partial charge in [0.15, 0.2) is 0 Å². The lowest BCUT2D eigenvalue weighted by Gasteiger charge is -2.12. The Hall–Kier alpha value is -1.35. The van der Waals surface area contributed by atoms with Gasteiger partial charge in [0.25, 0.3) is 0 Å². The summed E-state index contributed by atoms with van der Waals surface area (Å²) in [7, 11) is 1.94. The normalized spacial score (nSPS) is 21.5. The van der Waals surface area contributed by atoms with Gasteiger partial charge in [0.1, 0.15) is 6.29 Å². The Balaban J connectivity index is 2.48. The molecule has 0 amide bonds. The van der Waals surface area contributed by atoms with E-state index in [1.807, 2.05) is 30.1 Å². The average molecular weight is 176 g/mol. The van der Waals surface area contributed by atoms with Crippen molar-refractivity contribution < 1.29 is 4.79 Å². The second-order valence-electron chi connectivity index (χ2n) is 3.45. The predicted molar refractivity (Wildman–Crippen MR) is 51.1 cm³/mol. The Kier molecular flexibility index (Phi) is 1.81. The highest BCUT2D eigenvalue weighted by Crippen LogP contribution is 2.31. The van der Waals surface area contributed by atoms with E-state index in [2.05, 4.69) is 0 Å². The molecule has 68 valence electrons. The van der Waals surface area contributed by atoms with Gasteiger partial charge in [-0.2, -0.15) is 0 Å². The topological polar surface area (TPSA) is 46.3 Å². The van der Waals surface area contributed by atoms with E-state index in [0.717, 1.165) is 24.1 Å². The molecule has 1 atom stereocenters. The second-order valence-corrected chi connectivity index (χ2v) is 3.45. The molecule has 0 bridgehead atoms. The van der Waals surface area contributed by atoms with Crippen molar-refractivity contribution in [3.8, 4) is 0 Å². The zero-order valence-electron chi connectivity index (χ0n) is 7.53. The Labute approximate surface area is 77.1 Å². The van der Waals surface area contributed by atoms with Gasteiger partial charge in [-0.1, -0.05) is 6.07 Å². The zero-order chi connectivity index (χ0) is 9.42. The molecule has 1 unspecified atom stereocenters. The van der Waals surface area contributed by atoms with E-state index in [-0.39, 0.29) is 6.04 Å². The van der Waals surface area contributed by atoms with Crippen molar-refractivity contribution >= 4 is 12.0 Å². The van der Waals surface area contributed by atoms with E-state index >= 15 is 0 Å². The second kappa shape index (κ2) is 2.85. The summed E-state index contributed by atoms with van der Waals surface area (Å²) in [4.78, 5) is 12.8. The number of hydrogen-bond acceptors (Lipinski definition) is 3. The monoisotopic (exact) mass is 176 g/mol. The number of carbonyl (C=O) groups excluding carboxylic acids is 1. The number of fused-ring (bicyclic) bond motifs is 1. The molecule has 0 spiro atoms. The lowest BCUT2D eigenvalue weighted by Crippen LogP contribution is -2.17. The summed E-state index contributed by atoms with van der Waals surface area (Å²) in [5, 5.41) is 0. The highest BCUT2D eigenvalue weighted by molar-refractivity contribution is 5.65. The minimum atomic E-state index is -0.0874. The van der Waals surface area contributed by atoms with Crippen LogP contribution in [0.25, 0.3) is 0 Å². The first-order valence-electron chi connectivity index (χ1n) is 4.26. The lowest BCUT2D eigenvalue weighted by molar-refractivity contribution is -0.111. The molecule has 13 heavy (non-hydrogen) atoms. The Morgan fingerprint density at radius 2 is 2.38 bits per heavy atom. The maximum Gasteiger partial charge on any atom is 0.141 e. The fourth-order valence-corrected chi connectivity index (χ4v) is 1.83. The number of aldehydes is 1. The van der Waals surface area contributed by atoms with Crippen LogP contribution in [0.2, 0.25) is 0 Å². The summed E-state index contributed by atoms with van der Waals surface area (Å²) in [6.07, 6.45) is 0.974. The fourth-order valence-electron chi connectivity index (χ4n) is 1.83. The number of benzene rings is 1. The summed E-state index contributed by atoms with van der Waals surface area (Å²) in [6, 6.07) is 5.63. The fraction of sp³-hybridized carbons (Fsp3) is 0.300. The van der Waals surface area contributed by atoms with Crippen molar-refractivity contribution in [2.75, 3.05) is 12.8 Å². The van der Waals surface area contributed by atoms with Gasteiger partial charge in [0, 0.05) is 12.2 Å². The van der Waals surface area contributed by atoms with Crippen molar-refractivity contribution in [1.82, 2.24) is 4.90 Å². The van der Waals surface area contributed by atoms with E-state index < -0.39 is 0 Å². The predicted octanol–water partition coefficient (Wildman–Crippen LogP) is 0.954. The van der Waals surface area contributed by atoms with Gasteiger partial charge in [0.05, 0.1) is 6.04 Å². The number of nitrogens with zero attached hydrogens (tertiary/aromatic N) is 1. The quantitative estimate of drug-likeness (QED) is 0.512. The summed E-state index contributed by atoms with van der Waals surface area (Å²) >= 11 is 0. The largest absolute Gasteiger partial charge is 0.399 e. The smallest absolute Gasteiger partial charge is 0.141 e. The van der Waals surface area contributed by atoms with Gasteiger partial charge in [-0.3, -0.25) is 4.90 Å². The maximum absolute atomic E-state index is 10.8.